The van der Waals surface area contributed by atoms with E-state index in [4.69, 9.17) is 20.2 Å². The van der Waals surface area contributed by atoms with Crippen LogP contribution in [-0.2, 0) is 0 Å². The minimum absolute atomic E-state index is 0.0122. The van der Waals surface area contributed by atoms with Crippen molar-refractivity contribution in [3.05, 3.63) is 71.3 Å². The van der Waals surface area contributed by atoms with E-state index in [-0.39, 0.29) is 29.8 Å². The fourth-order valence-electron chi connectivity index (χ4n) is 5.90. The van der Waals surface area contributed by atoms with Gasteiger partial charge in [-0.1, -0.05) is 12.1 Å². The third-order valence-corrected chi connectivity index (χ3v) is 7.66. The summed E-state index contributed by atoms with van der Waals surface area (Å²) in [5.74, 6) is 1.19. The molecule has 0 saturated carbocycles. The predicted octanol–water partition coefficient (Wildman–Crippen LogP) is 4.60. The molecule has 0 radical (unpaired) electrons. The van der Waals surface area contributed by atoms with Crippen molar-refractivity contribution >= 4 is 16.9 Å². The summed E-state index contributed by atoms with van der Waals surface area (Å²) in [6, 6.07) is 11.8. The van der Waals surface area contributed by atoms with E-state index >= 15 is 0 Å². The van der Waals surface area contributed by atoms with Gasteiger partial charge in [-0.3, -0.25) is 9.78 Å². The van der Waals surface area contributed by atoms with Gasteiger partial charge in [-0.2, -0.15) is 8.78 Å². The Labute approximate surface area is 210 Å². The monoisotopic (exact) mass is 503 g/mol. The molecule has 7 rings (SSSR count). The molecule has 2 aromatic carbocycles. The Hall–Kier alpha value is -4.05. The Kier molecular flexibility index (Phi) is 4.78. The number of imidazole rings is 1. The first-order valence-corrected chi connectivity index (χ1v) is 12.2. The summed E-state index contributed by atoms with van der Waals surface area (Å²) in [5.41, 5.74) is 11.1. The van der Waals surface area contributed by atoms with Crippen LogP contribution in [0.2, 0.25) is 0 Å². The van der Waals surface area contributed by atoms with Crippen molar-refractivity contribution in [2.24, 2.45) is 5.73 Å². The first-order valence-electron chi connectivity index (χ1n) is 12.2. The highest BCUT2D eigenvalue weighted by molar-refractivity contribution is 5.98. The number of nitrogens with zero attached hydrogens (tertiary/aromatic N) is 4. The number of amides is 1. The van der Waals surface area contributed by atoms with Gasteiger partial charge in [0.1, 0.15) is 17.3 Å². The summed E-state index contributed by atoms with van der Waals surface area (Å²) < 4.78 is 39.4. The molecular weight excluding hydrogens is 480 g/mol. The van der Waals surface area contributed by atoms with Crippen molar-refractivity contribution in [2.75, 3.05) is 13.7 Å². The molecule has 0 unspecified atom stereocenters. The number of hydrogen-bond acceptors (Lipinski definition) is 6. The van der Waals surface area contributed by atoms with E-state index in [0.717, 1.165) is 40.1 Å². The summed E-state index contributed by atoms with van der Waals surface area (Å²) in [6.45, 7) is -2.45. The van der Waals surface area contributed by atoms with Crippen molar-refractivity contribution in [1.29, 1.82) is 0 Å². The van der Waals surface area contributed by atoms with Crippen LogP contribution < -0.4 is 15.2 Å². The zero-order valence-corrected chi connectivity index (χ0v) is 19.9. The topological polar surface area (TPSA) is 95.5 Å². The SMILES string of the molecule is CN1C(=O)c2cccc(OC(F)F)c2[C@H]2C[C@@H]1c1nc3ccc(-c4cnc5c(c4)OCC[C@@H]5N)cc3n12. The summed E-state index contributed by atoms with van der Waals surface area (Å²) in [5, 5.41) is 0. The van der Waals surface area contributed by atoms with Crippen LogP contribution in [0, 0.1) is 0 Å². The Morgan fingerprint density at radius 2 is 2.03 bits per heavy atom. The summed E-state index contributed by atoms with van der Waals surface area (Å²) in [7, 11) is 1.73. The fourth-order valence-corrected chi connectivity index (χ4v) is 5.90. The van der Waals surface area contributed by atoms with Crippen molar-refractivity contribution in [1.82, 2.24) is 19.4 Å². The number of carbonyl (C=O) groups excluding carboxylic acids is 1. The number of rotatable bonds is 3. The second kappa shape index (κ2) is 7.97. The highest BCUT2D eigenvalue weighted by Gasteiger charge is 2.45. The number of fused-ring (bicyclic) bond motifs is 10. The number of alkyl halides is 2. The molecule has 3 aliphatic rings. The molecule has 2 N–H and O–H groups in total. The number of carbonyl (C=O) groups is 1. The zero-order chi connectivity index (χ0) is 25.4. The normalized spacial score (nSPS) is 21.9. The molecule has 2 aromatic heterocycles. The predicted molar refractivity (Wildman–Crippen MR) is 131 cm³/mol. The van der Waals surface area contributed by atoms with Crippen molar-refractivity contribution < 1.29 is 23.0 Å². The quantitative estimate of drug-likeness (QED) is 0.439. The van der Waals surface area contributed by atoms with E-state index in [2.05, 4.69) is 9.55 Å². The van der Waals surface area contributed by atoms with Gasteiger partial charge >= 0.3 is 6.61 Å². The highest BCUT2D eigenvalue weighted by atomic mass is 19.3. The van der Waals surface area contributed by atoms with Gasteiger partial charge in [0.05, 0.1) is 41.5 Å². The molecule has 0 spiro atoms. The van der Waals surface area contributed by atoms with Gasteiger partial charge in [-0.15, -0.1) is 0 Å². The van der Waals surface area contributed by atoms with Crippen LogP contribution in [0.1, 0.15) is 58.4 Å². The smallest absolute Gasteiger partial charge is 0.387 e. The highest BCUT2D eigenvalue weighted by Crippen LogP contribution is 2.50. The number of ether oxygens (including phenoxy) is 2. The second-order valence-electron chi connectivity index (χ2n) is 9.67. The number of halogens is 2. The number of nitrogens with two attached hydrogens (primary N) is 1. The lowest BCUT2D eigenvalue weighted by Crippen LogP contribution is -2.30. The van der Waals surface area contributed by atoms with Crippen LogP contribution in [0.15, 0.2) is 48.7 Å². The number of benzene rings is 2. The second-order valence-corrected chi connectivity index (χ2v) is 9.67. The van der Waals surface area contributed by atoms with E-state index in [9.17, 15) is 13.6 Å². The fraction of sp³-hybridized carbons (Fsp3) is 0.296. The van der Waals surface area contributed by atoms with Crippen molar-refractivity contribution in [2.45, 2.75) is 37.6 Å². The Bertz CT molecular complexity index is 1590. The van der Waals surface area contributed by atoms with Crippen LogP contribution in [0.3, 0.4) is 0 Å². The number of aromatic nitrogens is 3. The van der Waals surface area contributed by atoms with Crippen LogP contribution >= 0.6 is 0 Å². The van der Waals surface area contributed by atoms with Crippen LogP contribution in [0.4, 0.5) is 8.78 Å². The van der Waals surface area contributed by atoms with Gasteiger partial charge in [-0.05, 0) is 35.9 Å². The van der Waals surface area contributed by atoms with E-state index in [1.165, 1.54) is 6.07 Å². The Morgan fingerprint density at radius 1 is 1.16 bits per heavy atom. The largest absolute Gasteiger partial charge is 0.492 e. The van der Waals surface area contributed by atoms with Gasteiger partial charge in [0, 0.05) is 42.8 Å². The molecule has 1 amide bonds. The third-order valence-electron chi connectivity index (χ3n) is 7.66. The third kappa shape index (κ3) is 3.25. The van der Waals surface area contributed by atoms with E-state index in [1.807, 2.05) is 24.3 Å². The molecule has 5 heterocycles. The molecule has 4 aromatic rings. The van der Waals surface area contributed by atoms with E-state index < -0.39 is 6.61 Å². The molecule has 0 aliphatic carbocycles. The number of pyridine rings is 1. The minimum atomic E-state index is -3.00. The van der Waals surface area contributed by atoms with Crippen LogP contribution in [0.5, 0.6) is 11.5 Å². The van der Waals surface area contributed by atoms with Gasteiger partial charge in [-0.25, -0.2) is 4.98 Å². The molecule has 3 aliphatic heterocycles. The molecule has 188 valence electrons. The van der Waals surface area contributed by atoms with Crippen molar-refractivity contribution in [3.63, 3.8) is 0 Å². The summed E-state index contributed by atoms with van der Waals surface area (Å²) in [4.78, 5) is 24.4. The van der Waals surface area contributed by atoms with Crippen LogP contribution in [-0.4, -0.2) is 45.6 Å². The van der Waals surface area contributed by atoms with Gasteiger partial charge < -0.3 is 24.7 Å². The molecule has 2 bridgehead atoms. The number of hydrogen-bond donors (Lipinski definition) is 1. The van der Waals surface area contributed by atoms with Gasteiger partial charge in [0.15, 0.2) is 0 Å². The molecular formula is C27H23F2N5O3. The maximum absolute atomic E-state index is 13.3. The van der Waals surface area contributed by atoms with Gasteiger partial charge in [0.2, 0.25) is 0 Å². The Morgan fingerprint density at radius 3 is 2.86 bits per heavy atom. The molecule has 0 saturated heterocycles. The first kappa shape index (κ1) is 22.2. The average Bonchev–Trinajstić information content (AvgIpc) is 3.41. The maximum Gasteiger partial charge on any atom is 0.387 e. The summed E-state index contributed by atoms with van der Waals surface area (Å²) in [6.07, 6.45) is 3.04. The standard InChI is InChI=1S/C27H23F2N5O3/c1-33-20-11-19(23-15(26(33)35)3-2-4-21(23)37-27(28)29)34-18-9-13(5-6-17(18)32-25(20)34)14-10-22-24(31-12-14)16(30)7-8-36-22/h2-6,9-10,12,16,19-20,27H,7-8,11,30H2,1H3/t16-,19+,20+/m0/s1. The zero-order valence-electron chi connectivity index (χ0n) is 19.9. The lowest BCUT2D eigenvalue weighted by Gasteiger charge is -2.24. The van der Waals surface area contributed by atoms with E-state index in [0.29, 0.717) is 29.9 Å². The van der Waals surface area contributed by atoms with Crippen LogP contribution in [0.25, 0.3) is 22.2 Å². The van der Waals surface area contributed by atoms with Gasteiger partial charge in [0.25, 0.3) is 5.91 Å². The average molecular weight is 504 g/mol. The minimum Gasteiger partial charge on any atom is -0.492 e. The van der Waals surface area contributed by atoms with Crippen molar-refractivity contribution in [3.8, 4) is 22.6 Å². The molecule has 3 atom stereocenters. The maximum atomic E-state index is 13.3. The molecule has 8 nitrogen and oxygen atoms in total. The summed E-state index contributed by atoms with van der Waals surface area (Å²) >= 11 is 0. The first-order chi connectivity index (χ1) is 17.9. The molecule has 0 fully saturated rings. The lowest BCUT2D eigenvalue weighted by molar-refractivity contribution is -0.0507. The Balaban J connectivity index is 1.40. The lowest BCUT2D eigenvalue weighted by atomic mass is 9.97. The molecule has 37 heavy (non-hydrogen) atoms. The van der Waals surface area contributed by atoms with E-state index in [1.54, 1.807) is 30.3 Å². The molecule has 10 heteroatoms.